The van der Waals surface area contributed by atoms with Crippen LogP contribution in [0.2, 0.25) is 0 Å². The SMILES string of the molecule is CCC(=O)OCC(CCn1cnc2c(=O)[nH]c(N)nc21)COC(=O)[C@@H](N)[C@@H](C)CC.Cl. The van der Waals surface area contributed by atoms with Crippen LogP contribution in [0, 0.1) is 11.8 Å². The van der Waals surface area contributed by atoms with Crippen molar-refractivity contribution in [3.63, 3.8) is 0 Å². The predicted octanol–water partition coefficient (Wildman–Crippen LogP) is 1.000. The van der Waals surface area contributed by atoms with E-state index in [9.17, 15) is 14.4 Å². The van der Waals surface area contributed by atoms with Crippen LogP contribution in [-0.2, 0) is 25.6 Å². The van der Waals surface area contributed by atoms with E-state index in [1.807, 2.05) is 13.8 Å². The van der Waals surface area contributed by atoms with Gasteiger partial charge in [-0.3, -0.25) is 19.4 Å². The molecule has 0 aliphatic rings. The lowest BCUT2D eigenvalue weighted by Gasteiger charge is -2.21. The zero-order chi connectivity index (χ0) is 22.3. The Hall–Kier alpha value is -2.66. The summed E-state index contributed by atoms with van der Waals surface area (Å²) >= 11 is 0. The number of fused-ring (bicyclic) bond motifs is 1. The Morgan fingerprint density at radius 3 is 2.58 bits per heavy atom. The van der Waals surface area contributed by atoms with Gasteiger partial charge in [-0.1, -0.05) is 27.2 Å². The van der Waals surface area contributed by atoms with Crippen molar-refractivity contribution in [2.24, 2.45) is 17.6 Å². The van der Waals surface area contributed by atoms with Crippen molar-refractivity contribution in [2.75, 3.05) is 18.9 Å². The number of esters is 2. The number of rotatable bonds is 11. The van der Waals surface area contributed by atoms with Gasteiger partial charge in [0.1, 0.15) is 6.04 Å². The zero-order valence-corrected chi connectivity index (χ0v) is 18.8. The molecule has 2 heterocycles. The largest absolute Gasteiger partial charge is 0.465 e. The fourth-order valence-corrected chi connectivity index (χ4v) is 2.77. The molecule has 0 aliphatic carbocycles. The van der Waals surface area contributed by atoms with E-state index in [0.717, 1.165) is 6.42 Å². The molecule has 5 N–H and O–H groups in total. The van der Waals surface area contributed by atoms with Crippen molar-refractivity contribution in [1.82, 2.24) is 19.5 Å². The van der Waals surface area contributed by atoms with Gasteiger partial charge < -0.3 is 25.5 Å². The van der Waals surface area contributed by atoms with Gasteiger partial charge in [0.15, 0.2) is 11.2 Å². The van der Waals surface area contributed by atoms with Crippen molar-refractivity contribution in [3.05, 3.63) is 16.7 Å². The topological polar surface area (TPSA) is 168 Å². The molecule has 0 saturated heterocycles. The standard InChI is InChI=1S/C19H30N6O5.ClH/c1-4-11(3)14(20)18(28)30-9-12(8-29-13(26)5-2)6-7-25-10-22-15-16(25)23-19(21)24-17(15)27;/h10-12,14H,4-9,20H2,1-3H3,(H3,21,23,24,27);1H/t11-,12?,14-;/m0./s1. The number of imidazole rings is 1. The third-order valence-corrected chi connectivity index (χ3v) is 5.03. The molecule has 2 aromatic rings. The maximum Gasteiger partial charge on any atom is 0.323 e. The molecule has 0 aliphatic heterocycles. The molecule has 0 aromatic carbocycles. The van der Waals surface area contributed by atoms with Gasteiger partial charge in [-0.25, -0.2) is 4.98 Å². The number of H-pyrrole nitrogens is 1. The van der Waals surface area contributed by atoms with Crippen LogP contribution in [0.4, 0.5) is 5.95 Å². The highest BCUT2D eigenvalue weighted by atomic mass is 35.5. The molecular weight excluding hydrogens is 428 g/mol. The van der Waals surface area contributed by atoms with E-state index in [0.29, 0.717) is 18.6 Å². The minimum absolute atomic E-state index is 0. The van der Waals surface area contributed by atoms with E-state index >= 15 is 0 Å². The smallest absolute Gasteiger partial charge is 0.323 e. The molecule has 0 radical (unpaired) electrons. The molecule has 1 unspecified atom stereocenters. The Bertz CT molecular complexity index is 930. The lowest BCUT2D eigenvalue weighted by Crippen LogP contribution is -2.39. The summed E-state index contributed by atoms with van der Waals surface area (Å²) < 4.78 is 12.3. The highest BCUT2D eigenvalue weighted by molar-refractivity contribution is 5.85. The Kier molecular flexibility index (Phi) is 10.4. The van der Waals surface area contributed by atoms with Gasteiger partial charge in [-0.05, 0) is 12.3 Å². The highest BCUT2D eigenvalue weighted by Crippen LogP contribution is 2.14. The zero-order valence-electron chi connectivity index (χ0n) is 18.0. The van der Waals surface area contributed by atoms with Gasteiger partial charge in [0, 0.05) is 18.9 Å². The third-order valence-electron chi connectivity index (χ3n) is 5.03. The van der Waals surface area contributed by atoms with Gasteiger partial charge >= 0.3 is 11.9 Å². The number of halogens is 1. The van der Waals surface area contributed by atoms with Crippen LogP contribution in [0.5, 0.6) is 0 Å². The summed E-state index contributed by atoms with van der Waals surface area (Å²) in [5.74, 6) is -1.08. The highest BCUT2D eigenvalue weighted by Gasteiger charge is 2.23. The number of aromatic nitrogens is 4. The van der Waals surface area contributed by atoms with Crippen LogP contribution < -0.4 is 17.0 Å². The number of hydrogen-bond donors (Lipinski definition) is 3. The van der Waals surface area contributed by atoms with E-state index in [1.54, 1.807) is 11.5 Å². The molecule has 0 fully saturated rings. The van der Waals surface area contributed by atoms with Gasteiger partial charge in [0.2, 0.25) is 5.95 Å². The average molecular weight is 459 g/mol. The monoisotopic (exact) mass is 458 g/mol. The molecule has 174 valence electrons. The van der Waals surface area contributed by atoms with Crippen LogP contribution in [-0.4, -0.2) is 50.7 Å². The first kappa shape index (κ1) is 26.4. The number of nitrogens with one attached hydrogen (secondary N) is 1. The number of nitrogens with zero attached hydrogens (tertiary/aromatic N) is 3. The van der Waals surface area contributed by atoms with Crippen LogP contribution >= 0.6 is 12.4 Å². The second kappa shape index (κ2) is 12.3. The molecule has 0 amide bonds. The van der Waals surface area contributed by atoms with E-state index in [-0.39, 0.29) is 61.3 Å². The molecular formula is C19H31ClN6O5. The van der Waals surface area contributed by atoms with Crippen LogP contribution in [0.25, 0.3) is 11.2 Å². The molecule has 31 heavy (non-hydrogen) atoms. The van der Waals surface area contributed by atoms with Crippen LogP contribution in [0.3, 0.4) is 0 Å². The Morgan fingerprint density at radius 2 is 1.94 bits per heavy atom. The maximum absolute atomic E-state index is 12.2. The van der Waals surface area contributed by atoms with Gasteiger partial charge in [0.05, 0.1) is 19.5 Å². The predicted molar refractivity (Wildman–Crippen MR) is 118 cm³/mol. The number of anilines is 1. The number of carbonyl (C=O) groups is 2. The van der Waals surface area contributed by atoms with Gasteiger partial charge in [0.25, 0.3) is 5.56 Å². The first-order valence-corrected chi connectivity index (χ1v) is 10.0. The van der Waals surface area contributed by atoms with Crippen molar-refractivity contribution in [2.45, 2.75) is 52.6 Å². The fraction of sp³-hybridized carbons (Fsp3) is 0.632. The van der Waals surface area contributed by atoms with E-state index in [4.69, 9.17) is 20.9 Å². The summed E-state index contributed by atoms with van der Waals surface area (Å²) in [6.07, 6.45) is 3.00. The molecule has 11 nitrogen and oxygen atoms in total. The number of nitrogens with two attached hydrogens (primary N) is 2. The molecule has 0 saturated carbocycles. The first-order valence-electron chi connectivity index (χ1n) is 10.0. The summed E-state index contributed by atoms with van der Waals surface area (Å²) in [7, 11) is 0. The number of ether oxygens (including phenoxy) is 2. The number of hydrogen-bond acceptors (Lipinski definition) is 9. The first-order chi connectivity index (χ1) is 14.3. The van der Waals surface area contributed by atoms with Gasteiger partial charge in [-0.15, -0.1) is 12.4 Å². The third kappa shape index (κ3) is 7.21. The quantitative estimate of drug-likeness (QED) is 0.415. The lowest BCUT2D eigenvalue weighted by atomic mass is 10.0. The van der Waals surface area contributed by atoms with Crippen molar-refractivity contribution < 1.29 is 19.1 Å². The van der Waals surface area contributed by atoms with Gasteiger partial charge in [-0.2, -0.15) is 4.98 Å². The van der Waals surface area contributed by atoms with E-state index in [1.165, 1.54) is 6.33 Å². The van der Waals surface area contributed by atoms with Crippen LogP contribution in [0.15, 0.2) is 11.1 Å². The average Bonchev–Trinajstić information content (AvgIpc) is 3.14. The Morgan fingerprint density at radius 1 is 1.26 bits per heavy atom. The summed E-state index contributed by atoms with van der Waals surface area (Å²) in [5.41, 5.74) is 11.7. The molecule has 3 atom stereocenters. The minimum Gasteiger partial charge on any atom is -0.465 e. The summed E-state index contributed by atoms with van der Waals surface area (Å²) in [4.78, 5) is 46.2. The van der Waals surface area contributed by atoms with E-state index < -0.39 is 17.6 Å². The summed E-state index contributed by atoms with van der Waals surface area (Å²) in [6.45, 7) is 6.11. The normalized spacial score (nSPS) is 13.8. The van der Waals surface area contributed by atoms with Crippen molar-refractivity contribution in [3.8, 4) is 0 Å². The van der Waals surface area contributed by atoms with E-state index in [2.05, 4.69) is 15.0 Å². The summed E-state index contributed by atoms with van der Waals surface area (Å²) in [5, 5.41) is 0. The Balaban J connectivity index is 0.00000480. The number of nitrogen functional groups attached to an aromatic ring is 1. The molecule has 12 heteroatoms. The fourth-order valence-electron chi connectivity index (χ4n) is 2.77. The number of aryl methyl sites for hydroxylation is 1. The maximum atomic E-state index is 12.2. The van der Waals surface area contributed by atoms with Crippen molar-refractivity contribution in [1.29, 1.82) is 0 Å². The minimum atomic E-state index is -0.703. The number of aromatic amines is 1. The molecule has 0 bridgehead atoms. The second-order valence-electron chi connectivity index (χ2n) is 7.29. The Labute approximate surface area is 186 Å². The van der Waals surface area contributed by atoms with Crippen LogP contribution in [0.1, 0.15) is 40.0 Å². The molecule has 2 rings (SSSR count). The molecule has 2 aromatic heterocycles. The summed E-state index contributed by atoms with van der Waals surface area (Å²) in [6, 6.07) is -0.703. The second-order valence-corrected chi connectivity index (χ2v) is 7.29. The lowest BCUT2D eigenvalue weighted by molar-refractivity contribution is -0.150. The molecule has 0 spiro atoms. The number of carbonyl (C=O) groups excluding carboxylic acids is 2. The van der Waals surface area contributed by atoms with Crippen molar-refractivity contribution >= 4 is 41.5 Å².